The predicted octanol–water partition coefficient (Wildman–Crippen LogP) is 3.42. The number of halogens is 2. The lowest BCUT2D eigenvalue weighted by atomic mass is 9.99. The molecule has 0 saturated heterocycles. The van der Waals surface area contributed by atoms with Gasteiger partial charge in [-0.2, -0.15) is 0 Å². The van der Waals surface area contributed by atoms with Crippen LogP contribution >= 0.6 is 11.3 Å². The molecule has 2 aromatic carbocycles. The Morgan fingerprint density at radius 1 is 1.14 bits per heavy atom. The highest BCUT2D eigenvalue weighted by atomic mass is 32.2. The molecule has 3 aromatic rings. The maximum atomic E-state index is 14.0. The van der Waals surface area contributed by atoms with Gasteiger partial charge in [0.25, 0.3) is 15.9 Å². The summed E-state index contributed by atoms with van der Waals surface area (Å²) in [5.41, 5.74) is 1.36. The SMILES string of the molecule is O=C(c1ccc(F)cc1F)N1CCc2ccc(S(=O)(=O)Nc3nccs3)cc2C1. The van der Waals surface area contributed by atoms with E-state index in [0.29, 0.717) is 24.6 Å². The van der Waals surface area contributed by atoms with Crippen LogP contribution in [0.3, 0.4) is 0 Å². The van der Waals surface area contributed by atoms with Crippen molar-refractivity contribution < 1.29 is 22.0 Å². The van der Waals surface area contributed by atoms with Crippen molar-refractivity contribution in [2.75, 3.05) is 11.3 Å². The summed E-state index contributed by atoms with van der Waals surface area (Å²) in [6, 6.07) is 7.54. The van der Waals surface area contributed by atoms with Crippen molar-refractivity contribution in [2.24, 2.45) is 0 Å². The summed E-state index contributed by atoms with van der Waals surface area (Å²) in [7, 11) is -3.83. The third-order valence-corrected chi connectivity index (χ3v) is 6.76. The Hall–Kier alpha value is -2.85. The van der Waals surface area contributed by atoms with Crippen LogP contribution in [0.4, 0.5) is 13.9 Å². The lowest BCUT2D eigenvalue weighted by Gasteiger charge is -2.29. The molecular formula is C19H15F2N3O3S2. The first-order valence-corrected chi connectivity index (χ1v) is 11.0. The zero-order valence-electron chi connectivity index (χ0n) is 14.9. The van der Waals surface area contributed by atoms with Crippen molar-refractivity contribution in [2.45, 2.75) is 17.9 Å². The minimum atomic E-state index is -3.83. The average Bonchev–Trinajstić information content (AvgIpc) is 3.19. The van der Waals surface area contributed by atoms with Crippen molar-refractivity contribution >= 4 is 32.4 Å². The molecule has 0 bridgehead atoms. The van der Waals surface area contributed by atoms with E-state index in [4.69, 9.17) is 0 Å². The van der Waals surface area contributed by atoms with Crippen LogP contribution < -0.4 is 4.72 Å². The van der Waals surface area contributed by atoms with Crippen molar-refractivity contribution in [1.82, 2.24) is 9.88 Å². The smallest absolute Gasteiger partial charge is 0.263 e. The average molecular weight is 435 g/mol. The maximum absolute atomic E-state index is 14.0. The zero-order valence-corrected chi connectivity index (χ0v) is 16.6. The number of carbonyl (C=O) groups is 1. The molecule has 4 rings (SSSR count). The van der Waals surface area contributed by atoms with Crippen LogP contribution in [0.5, 0.6) is 0 Å². The van der Waals surface area contributed by atoms with Gasteiger partial charge in [-0.1, -0.05) is 6.07 Å². The first-order chi connectivity index (χ1) is 13.8. The number of hydrogen-bond acceptors (Lipinski definition) is 5. The molecular weight excluding hydrogens is 420 g/mol. The number of nitrogens with zero attached hydrogens (tertiary/aromatic N) is 2. The first kappa shape index (κ1) is 19.5. The summed E-state index contributed by atoms with van der Waals surface area (Å²) in [5.74, 6) is -2.25. The molecule has 1 aliphatic rings. The van der Waals surface area contributed by atoms with E-state index in [1.165, 1.54) is 23.2 Å². The molecule has 29 heavy (non-hydrogen) atoms. The topological polar surface area (TPSA) is 79.4 Å². The second-order valence-corrected chi connectivity index (χ2v) is 9.05. The Balaban J connectivity index is 1.59. The second kappa shape index (κ2) is 7.53. The number of anilines is 1. The molecule has 150 valence electrons. The van der Waals surface area contributed by atoms with Gasteiger partial charge in [-0.15, -0.1) is 11.3 Å². The number of fused-ring (bicyclic) bond motifs is 1. The van der Waals surface area contributed by atoms with Crippen LogP contribution in [-0.4, -0.2) is 30.8 Å². The Morgan fingerprint density at radius 2 is 1.97 bits per heavy atom. The number of rotatable bonds is 4. The minimum Gasteiger partial charge on any atom is -0.334 e. The van der Waals surface area contributed by atoms with E-state index in [1.807, 2.05) is 0 Å². The molecule has 1 aromatic heterocycles. The van der Waals surface area contributed by atoms with Gasteiger partial charge < -0.3 is 4.90 Å². The summed E-state index contributed by atoms with van der Waals surface area (Å²) in [6.45, 7) is 0.484. The van der Waals surface area contributed by atoms with Gasteiger partial charge in [-0.25, -0.2) is 22.2 Å². The molecule has 0 fully saturated rings. The molecule has 0 unspecified atom stereocenters. The van der Waals surface area contributed by atoms with Crippen LogP contribution in [0.25, 0.3) is 0 Å². The third-order valence-electron chi connectivity index (χ3n) is 4.60. The second-order valence-electron chi connectivity index (χ2n) is 6.47. The van der Waals surface area contributed by atoms with Crippen LogP contribution in [-0.2, 0) is 23.0 Å². The van der Waals surface area contributed by atoms with E-state index in [-0.39, 0.29) is 22.1 Å². The number of benzene rings is 2. The van der Waals surface area contributed by atoms with E-state index in [1.54, 1.807) is 11.4 Å². The normalized spacial score (nSPS) is 13.8. The number of aromatic nitrogens is 1. The fourth-order valence-corrected chi connectivity index (χ4v) is 4.99. The fraction of sp³-hybridized carbons (Fsp3) is 0.158. The number of nitrogens with one attached hydrogen (secondary N) is 1. The summed E-state index contributed by atoms with van der Waals surface area (Å²) in [6.07, 6.45) is 2.00. The van der Waals surface area contributed by atoms with Crippen molar-refractivity contribution in [3.63, 3.8) is 0 Å². The largest absolute Gasteiger partial charge is 0.334 e. The summed E-state index contributed by atoms with van der Waals surface area (Å²) in [4.78, 5) is 18.0. The minimum absolute atomic E-state index is 0.0497. The first-order valence-electron chi connectivity index (χ1n) is 8.62. The van der Waals surface area contributed by atoms with Crippen LogP contribution in [0, 0.1) is 11.6 Å². The van der Waals surface area contributed by atoms with Gasteiger partial charge in [-0.3, -0.25) is 9.52 Å². The zero-order chi connectivity index (χ0) is 20.6. The van der Waals surface area contributed by atoms with Gasteiger partial charge in [0.05, 0.1) is 10.5 Å². The molecule has 1 N–H and O–H groups in total. The molecule has 0 spiro atoms. The van der Waals surface area contributed by atoms with Crippen molar-refractivity contribution in [1.29, 1.82) is 0 Å². The predicted molar refractivity (Wildman–Crippen MR) is 104 cm³/mol. The number of carbonyl (C=O) groups excluding carboxylic acids is 1. The highest BCUT2D eigenvalue weighted by molar-refractivity contribution is 7.93. The molecule has 0 radical (unpaired) electrons. The Morgan fingerprint density at radius 3 is 2.69 bits per heavy atom. The highest BCUT2D eigenvalue weighted by Gasteiger charge is 2.26. The molecule has 1 amide bonds. The summed E-state index contributed by atoms with van der Waals surface area (Å²) < 4.78 is 54.7. The van der Waals surface area contributed by atoms with Gasteiger partial charge in [-0.05, 0) is 41.8 Å². The number of hydrogen-bond donors (Lipinski definition) is 1. The monoisotopic (exact) mass is 435 g/mol. The van der Waals surface area contributed by atoms with E-state index in [2.05, 4.69) is 9.71 Å². The summed E-state index contributed by atoms with van der Waals surface area (Å²) >= 11 is 1.16. The van der Waals surface area contributed by atoms with Gasteiger partial charge in [0.15, 0.2) is 5.13 Å². The Kier molecular flexibility index (Phi) is 5.05. The number of thiazole rings is 1. The van der Waals surface area contributed by atoms with Crippen molar-refractivity contribution in [3.8, 4) is 0 Å². The summed E-state index contributed by atoms with van der Waals surface area (Å²) in [5, 5.41) is 1.91. The molecule has 2 heterocycles. The van der Waals surface area contributed by atoms with E-state index < -0.39 is 27.6 Å². The van der Waals surface area contributed by atoms with Crippen molar-refractivity contribution in [3.05, 3.63) is 76.3 Å². The maximum Gasteiger partial charge on any atom is 0.263 e. The number of sulfonamides is 1. The van der Waals surface area contributed by atoms with E-state index in [0.717, 1.165) is 29.0 Å². The molecule has 6 nitrogen and oxygen atoms in total. The van der Waals surface area contributed by atoms with Gasteiger partial charge in [0.2, 0.25) is 0 Å². The van der Waals surface area contributed by atoms with E-state index >= 15 is 0 Å². The Labute approximate surface area is 169 Å². The van der Waals surface area contributed by atoms with E-state index in [9.17, 15) is 22.0 Å². The third kappa shape index (κ3) is 3.99. The fourth-order valence-electron chi connectivity index (χ4n) is 3.15. The van der Waals surface area contributed by atoms with Gasteiger partial charge in [0, 0.05) is 30.7 Å². The standard InChI is InChI=1S/C19H15F2N3O3S2/c20-14-2-4-16(17(21)10-14)18(25)24-7-5-12-1-3-15(9-13(12)11-24)29(26,27)23-19-22-6-8-28-19/h1-4,6,8-10H,5,7,11H2,(H,22,23). The molecule has 0 aliphatic carbocycles. The molecule has 0 atom stereocenters. The molecule has 0 saturated carbocycles. The number of amides is 1. The lowest BCUT2D eigenvalue weighted by molar-refractivity contribution is 0.0729. The van der Waals surface area contributed by atoms with Gasteiger partial charge in [0.1, 0.15) is 11.6 Å². The van der Waals surface area contributed by atoms with Gasteiger partial charge >= 0.3 is 0 Å². The quantitative estimate of drug-likeness (QED) is 0.681. The highest BCUT2D eigenvalue weighted by Crippen LogP contribution is 2.26. The van der Waals surface area contributed by atoms with Crippen LogP contribution in [0.15, 0.2) is 52.9 Å². The Bertz CT molecular complexity index is 1180. The van der Waals surface area contributed by atoms with Crippen LogP contribution in [0.1, 0.15) is 21.5 Å². The lowest BCUT2D eigenvalue weighted by Crippen LogP contribution is -2.36. The molecule has 1 aliphatic heterocycles. The van der Waals surface area contributed by atoms with Crippen LogP contribution in [0.2, 0.25) is 0 Å². The molecule has 10 heteroatoms.